The van der Waals surface area contributed by atoms with Crippen molar-refractivity contribution in [2.24, 2.45) is 5.41 Å². The summed E-state index contributed by atoms with van der Waals surface area (Å²) < 4.78 is 36.0. The van der Waals surface area contributed by atoms with Gasteiger partial charge in [-0.15, -0.1) is 0 Å². The summed E-state index contributed by atoms with van der Waals surface area (Å²) in [7, 11) is 0. The molecule has 0 radical (unpaired) electrons. The first-order chi connectivity index (χ1) is 7.39. The number of halogens is 3. The number of rotatable bonds is 8. The van der Waals surface area contributed by atoms with E-state index in [1.807, 2.05) is 13.8 Å². The van der Waals surface area contributed by atoms with Crippen molar-refractivity contribution in [3.8, 4) is 0 Å². The zero-order valence-electron chi connectivity index (χ0n) is 9.94. The second kappa shape index (κ2) is 7.43. The number of hydrogen-bond acceptors (Lipinski definition) is 2. The van der Waals surface area contributed by atoms with E-state index in [0.717, 1.165) is 25.7 Å². The third-order valence-electron chi connectivity index (χ3n) is 3.04. The van der Waals surface area contributed by atoms with Gasteiger partial charge in [0, 0.05) is 12.4 Å². The standard InChI is InChI=1S/C11H21F3OS/c1-3-5-6-10(4-2,9-15)7-8-16-11(12,13)14/h15H,3-9H2,1-2H3. The molecule has 1 unspecified atom stereocenters. The molecule has 98 valence electrons. The minimum Gasteiger partial charge on any atom is -0.396 e. The molecule has 0 aliphatic carbocycles. The van der Waals surface area contributed by atoms with Gasteiger partial charge < -0.3 is 5.11 Å². The molecule has 0 aliphatic rings. The molecule has 0 aromatic heterocycles. The van der Waals surface area contributed by atoms with Gasteiger partial charge >= 0.3 is 5.51 Å². The molecule has 0 aliphatic heterocycles. The minimum atomic E-state index is -4.15. The van der Waals surface area contributed by atoms with E-state index in [-0.39, 0.29) is 29.5 Å². The van der Waals surface area contributed by atoms with Crippen LogP contribution in [-0.4, -0.2) is 23.0 Å². The van der Waals surface area contributed by atoms with Crippen LogP contribution in [-0.2, 0) is 0 Å². The van der Waals surface area contributed by atoms with Gasteiger partial charge in [0.05, 0.1) is 0 Å². The molecule has 0 aromatic carbocycles. The Hall–Kier alpha value is 0.100. The third kappa shape index (κ3) is 6.63. The minimum absolute atomic E-state index is 0.0120. The van der Waals surface area contributed by atoms with Gasteiger partial charge in [0.25, 0.3) is 0 Å². The summed E-state index contributed by atoms with van der Waals surface area (Å²) in [4.78, 5) is 0. The number of alkyl halides is 3. The van der Waals surface area contributed by atoms with E-state index in [1.165, 1.54) is 0 Å². The lowest BCUT2D eigenvalue weighted by Crippen LogP contribution is -2.26. The Bertz CT molecular complexity index is 179. The Labute approximate surface area is 99.8 Å². The van der Waals surface area contributed by atoms with E-state index >= 15 is 0 Å². The highest BCUT2D eigenvalue weighted by Gasteiger charge is 2.31. The molecule has 0 bridgehead atoms. The lowest BCUT2D eigenvalue weighted by molar-refractivity contribution is -0.0330. The lowest BCUT2D eigenvalue weighted by atomic mass is 9.79. The van der Waals surface area contributed by atoms with Crippen LogP contribution in [0.5, 0.6) is 0 Å². The quantitative estimate of drug-likeness (QED) is 0.704. The highest BCUT2D eigenvalue weighted by atomic mass is 32.2. The molecule has 5 heteroatoms. The molecule has 0 heterocycles. The highest BCUT2D eigenvalue weighted by molar-refractivity contribution is 8.00. The van der Waals surface area contributed by atoms with Crippen molar-refractivity contribution in [2.45, 2.75) is 51.5 Å². The fourth-order valence-corrected chi connectivity index (χ4v) is 2.45. The van der Waals surface area contributed by atoms with E-state index in [9.17, 15) is 18.3 Å². The van der Waals surface area contributed by atoms with Crippen molar-refractivity contribution < 1.29 is 18.3 Å². The molecule has 0 amide bonds. The van der Waals surface area contributed by atoms with Gasteiger partial charge in [-0.1, -0.05) is 38.5 Å². The number of unbranched alkanes of at least 4 members (excludes halogenated alkanes) is 1. The molecular weight excluding hydrogens is 237 g/mol. The van der Waals surface area contributed by atoms with Crippen LogP contribution in [0, 0.1) is 5.41 Å². The van der Waals surface area contributed by atoms with Crippen molar-refractivity contribution in [3.05, 3.63) is 0 Å². The molecule has 1 nitrogen and oxygen atoms in total. The van der Waals surface area contributed by atoms with Gasteiger partial charge in [-0.3, -0.25) is 0 Å². The molecule has 0 spiro atoms. The van der Waals surface area contributed by atoms with Crippen molar-refractivity contribution in [3.63, 3.8) is 0 Å². The second-order valence-corrected chi connectivity index (χ2v) is 5.32. The first kappa shape index (κ1) is 16.1. The van der Waals surface area contributed by atoms with Crippen LogP contribution in [0.4, 0.5) is 13.2 Å². The van der Waals surface area contributed by atoms with Crippen LogP contribution in [0.2, 0.25) is 0 Å². The largest absolute Gasteiger partial charge is 0.441 e. The third-order valence-corrected chi connectivity index (χ3v) is 3.78. The van der Waals surface area contributed by atoms with Gasteiger partial charge in [-0.2, -0.15) is 13.2 Å². The number of aliphatic hydroxyl groups is 1. The van der Waals surface area contributed by atoms with Gasteiger partial charge in [0.2, 0.25) is 0 Å². The fraction of sp³-hybridized carbons (Fsp3) is 1.00. The first-order valence-corrected chi connectivity index (χ1v) is 6.69. The van der Waals surface area contributed by atoms with Gasteiger partial charge in [-0.05, 0) is 24.7 Å². The number of hydrogen-bond donors (Lipinski definition) is 1. The normalized spacial score (nSPS) is 16.1. The maximum absolute atomic E-state index is 12.0. The molecule has 16 heavy (non-hydrogen) atoms. The summed E-state index contributed by atoms with van der Waals surface area (Å²) in [6, 6.07) is 0. The molecular formula is C11H21F3OS. The molecule has 0 saturated carbocycles. The van der Waals surface area contributed by atoms with Gasteiger partial charge in [0.15, 0.2) is 0 Å². The van der Waals surface area contributed by atoms with Crippen LogP contribution in [0.25, 0.3) is 0 Å². The average molecular weight is 258 g/mol. The van der Waals surface area contributed by atoms with Crippen LogP contribution in [0.3, 0.4) is 0 Å². The maximum atomic E-state index is 12.0. The average Bonchev–Trinajstić information content (AvgIpc) is 2.22. The summed E-state index contributed by atoms with van der Waals surface area (Å²) in [5.41, 5.74) is -4.46. The molecule has 1 atom stereocenters. The summed E-state index contributed by atoms with van der Waals surface area (Å²) in [5, 5.41) is 9.34. The molecule has 0 rings (SSSR count). The fourth-order valence-electron chi connectivity index (χ4n) is 1.68. The van der Waals surface area contributed by atoms with Crippen molar-refractivity contribution in [1.82, 2.24) is 0 Å². The smallest absolute Gasteiger partial charge is 0.396 e. The summed E-state index contributed by atoms with van der Waals surface area (Å²) in [6.07, 6.45) is 3.96. The first-order valence-electron chi connectivity index (χ1n) is 5.70. The van der Waals surface area contributed by atoms with E-state index in [4.69, 9.17) is 0 Å². The second-order valence-electron chi connectivity index (χ2n) is 4.16. The Morgan fingerprint density at radius 1 is 1.12 bits per heavy atom. The Balaban J connectivity index is 4.11. The number of aliphatic hydroxyl groups excluding tert-OH is 1. The van der Waals surface area contributed by atoms with Gasteiger partial charge in [0.1, 0.15) is 0 Å². The molecule has 1 N–H and O–H groups in total. The Kier molecular flexibility index (Phi) is 7.48. The van der Waals surface area contributed by atoms with Crippen molar-refractivity contribution >= 4 is 11.8 Å². The van der Waals surface area contributed by atoms with Crippen molar-refractivity contribution in [2.75, 3.05) is 12.4 Å². The Morgan fingerprint density at radius 3 is 2.12 bits per heavy atom. The maximum Gasteiger partial charge on any atom is 0.441 e. The molecule has 0 saturated heterocycles. The van der Waals surface area contributed by atoms with E-state index in [1.54, 1.807) is 0 Å². The van der Waals surface area contributed by atoms with Crippen LogP contribution >= 0.6 is 11.8 Å². The van der Waals surface area contributed by atoms with Crippen LogP contribution < -0.4 is 0 Å². The predicted octanol–water partition coefficient (Wildman–Crippen LogP) is 4.21. The van der Waals surface area contributed by atoms with E-state index < -0.39 is 5.51 Å². The predicted molar refractivity (Wildman–Crippen MR) is 62.5 cm³/mol. The van der Waals surface area contributed by atoms with E-state index in [2.05, 4.69) is 0 Å². The van der Waals surface area contributed by atoms with Gasteiger partial charge in [-0.25, -0.2) is 0 Å². The SMILES string of the molecule is CCCCC(CC)(CO)CCSC(F)(F)F. The monoisotopic (exact) mass is 258 g/mol. The van der Waals surface area contributed by atoms with Crippen LogP contribution in [0.15, 0.2) is 0 Å². The molecule has 0 aromatic rings. The zero-order valence-corrected chi connectivity index (χ0v) is 10.8. The summed E-state index contributed by atoms with van der Waals surface area (Å²) in [6.45, 7) is 3.97. The Morgan fingerprint density at radius 2 is 1.75 bits per heavy atom. The summed E-state index contributed by atoms with van der Waals surface area (Å²) >= 11 is 0.0135. The zero-order chi connectivity index (χ0) is 12.7. The van der Waals surface area contributed by atoms with Crippen molar-refractivity contribution in [1.29, 1.82) is 0 Å². The highest BCUT2D eigenvalue weighted by Crippen LogP contribution is 2.37. The molecule has 0 fully saturated rings. The van der Waals surface area contributed by atoms with E-state index in [0.29, 0.717) is 6.42 Å². The topological polar surface area (TPSA) is 20.2 Å². The summed E-state index contributed by atoms with van der Waals surface area (Å²) in [5.74, 6) is 0.0433. The lowest BCUT2D eigenvalue weighted by Gasteiger charge is -2.30. The van der Waals surface area contributed by atoms with Crippen LogP contribution in [0.1, 0.15) is 46.0 Å². The number of thioether (sulfide) groups is 1.